The Morgan fingerprint density at radius 2 is 1.47 bits per heavy atom. The van der Waals surface area contributed by atoms with Crippen molar-refractivity contribution < 1.29 is 67.4 Å². The van der Waals surface area contributed by atoms with Crippen LogP contribution >= 0.6 is 0 Å². The normalized spacial score (nSPS) is 39.4. The molecular weight excluding hydrogens is 644 g/mol. The highest BCUT2D eigenvalue weighted by molar-refractivity contribution is 5.91. The molecule has 1 aromatic rings. The number of hydrogen-bond donors (Lipinski definition) is 2. The zero-order valence-electron chi connectivity index (χ0n) is 28.3. The van der Waals surface area contributed by atoms with Crippen LogP contribution in [-0.4, -0.2) is 101 Å². The summed E-state index contributed by atoms with van der Waals surface area (Å²) in [4.78, 5) is 79.4. The van der Waals surface area contributed by atoms with Gasteiger partial charge in [-0.25, -0.2) is 4.79 Å². The van der Waals surface area contributed by atoms with Crippen molar-refractivity contribution in [3.63, 3.8) is 0 Å². The number of ether oxygens (including phenoxy) is 6. The SMILES string of the molecule is C=C1[C@@H](O)CC(OC(C)=O)[C@@]2(COC(=O)c3ccccc3)[C@@H](OC(C)=O)[C@H](OC(C)=O)[C@]3(O)[C@@]4(C)CO[C@]3(C)C(=O)C[C@H]4[C@@H](OC(C)=O)[C@H]12. The summed E-state index contributed by atoms with van der Waals surface area (Å²) in [6.07, 6.45) is -8.88. The number of benzene rings is 1. The molecule has 49 heavy (non-hydrogen) atoms. The lowest BCUT2D eigenvalue weighted by Crippen LogP contribution is -2.81. The van der Waals surface area contributed by atoms with Gasteiger partial charge in [0.1, 0.15) is 24.4 Å². The molecule has 1 aliphatic heterocycles. The van der Waals surface area contributed by atoms with Crippen molar-refractivity contribution >= 4 is 35.6 Å². The molecule has 4 aliphatic rings. The maximum atomic E-state index is 14.1. The Morgan fingerprint density at radius 1 is 0.898 bits per heavy atom. The molecule has 11 atom stereocenters. The quantitative estimate of drug-likeness (QED) is 0.238. The lowest BCUT2D eigenvalue weighted by atomic mass is 9.43. The average Bonchev–Trinajstić information content (AvgIpc) is 3.16. The molecule has 3 aliphatic carbocycles. The first kappa shape index (κ1) is 36.1. The number of fused-ring (bicyclic) bond motifs is 1. The zero-order valence-corrected chi connectivity index (χ0v) is 28.3. The molecule has 2 N–H and O–H groups in total. The van der Waals surface area contributed by atoms with Crippen LogP contribution in [0.3, 0.4) is 0 Å². The molecule has 1 saturated heterocycles. The molecule has 0 spiro atoms. The fourth-order valence-corrected chi connectivity index (χ4v) is 8.86. The predicted molar refractivity (Wildman–Crippen MR) is 165 cm³/mol. The Kier molecular flexibility index (Phi) is 9.32. The van der Waals surface area contributed by atoms with Gasteiger partial charge in [-0.3, -0.25) is 24.0 Å². The summed E-state index contributed by atoms with van der Waals surface area (Å²) in [6, 6.07) is 7.88. The minimum atomic E-state index is -2.48. The number of Topliss-reactive ketones (excluding diaryl/α,β-unsaturated/α-hetero) is 1. The molecule has 0 amide bonds. The van der Waals surface area contributed by atoms with Crippen LogP contribution in [0.25, 0.3) is 0 Å². The van der Waals surface area contributed by atoms with Crippen LogP contribution in [0.5, 0.6) is 0 Å². The fraction of sp³-hybridized carbons (Fsp3) is 0.600. The van der Waals surface area contributed by atoms with Crippen molar-refractivity contribution in [3.8, 4) is 0 Å². The van der Waals surface area contributed by atoms with Crippen LogP contribution < -0.4 is 0 Å². The van der Waals surface area contributed by atoms with E-state index in [1.165, 1.54) is 19.1 Å². The van der Waals surface area contributed by atoms with Crippen LogP contribution in [0.4, 0.5) is 0 Å². The Morgan fingerprint density at radius 3 is 2.04 bits per heavy atom. The number of esters is 5. The molecule has 0 radical (unpaired) electrons. The molecule has 0 aromatic heterocycles. The highest BCUT2D eigenvalue weighted by atomic mass is 16.6. The van der Waals surface area contributed by atoms with Gasteiger partial charge in [0.15, 0.2) is 23.6 Å². The smallest absolute Gasteiger partial charge is 0.338 e. The van der Waals surface area contributed by atoms with E-state index in [-0.39, 0.29) is 30.6 Å². The molecule has 1 unspecified atom stereocenters. The third-order valence-electron chi connectivity index (χ3n) is 11.1. The van der Waals surface area contributed by atoms with Crippen molar-refractivity contribution in [1.29, 1.82) is 0 Å². The Bertz CT molecular complexity index is 1570. The fourth-order valence-electron chi connectivity index (χ4n) is 8.86. The van der Waals surface area contributed by atoms with Crippen LogP contribution in [0.15, 0.2) is 42.5 Å². The van der Waals surface area contributed by atoms with E-state index >= 15 is 0 Å². The molecular formula is C35H42O14. The van der Waals surface area contributed by atoms with E-state index in [1.54, 1.807) is 25.1 Å². The van der Waals surface area contributed by atoms with Gasteiger partial charge in [0.25, 0.3) is 0 Å². The monoisotopic (exact) mass is 686 g/mol. The first-order chi connectivity index (χ1) is 22.8. The minimum absolute atomic E-state index is 0.0119. The van der Waals surface area contributed by atoms with Gasteiger partial charge in [-0.2, -0.15) is 0 Å². The van der Waals surface area contributed by atoms with E-state index in [9.17, 15) is 39.0 Å². The number of hydrogen-bond acceptors (Lipinski definition) is 14. The number of rotatable bonds is 7. The van der Waals surface area contributed by atoms with Crippen LogP contribution in [0, 0.1) is 22.7 Å². The van der Waals surface area contributed by atoms with Crippen LogP contribution in [0.2, 0.25) is 0 Å². The largest absolute Gasteiger partial charge is 0.462 e. The molecule has 1 heterocycles. The third kappa shape index (κ3) is 5.44. The second kappa shape index (κ2) is 12.6. The van der Waals surface area contributed by atoms with Gasteiger partial charge in [-0.15, -0.1) is 0 Å². The first-order valence-corrected chi connectivity index (χ1v) is 16.0. The second-order valence-corrected chi connectivity index (χ2v) is 13.8. The van der Waals surface area contributed by atoms with Crippen LogP contribution in [-0.2, 0) is 52.4 Å². The summed E-state index contributed by atoms with van der Waals surface area (Å²) >= 11 is 0. The van der Waals surface area contributed by atoms with E-state index < -0.39 is 107 Å². The van der Waals surface area contributed by atoms with E-state index in [4.69, 9.17) is 28.4 Å². The standard InChI is InChI=1S/C35H42O14/c1-17-24(40)14-26(46-18(2)36)34(16-44-31(42)22-11-9-8-10-12-22)27(17)28(47-19(3)37)23-13-25(41)33(7)35(43,32(23,6)15-45-33)30(49-21(5)39)29(34)48-20(4)38/h8-12,23-24,26-30,40,43H,1,13-16H2,2-7H3/t23-,24-,26?,27-,28+,29-,30-,32-,33+,34+,35-/m0/s1. The number of aliphatic hydroxyl groups is 2. The maximum Gasteiger partial charge on any atom is 0.338 e. The van der Waals surface area contributed by atoms with E-state index in [0.717, 1.165) is 27.7 Å². The number of carbonyl (C=O) groups excluding carboxylic acids is 6. The van der Waals surface area contributed by atoms with Crippen molar-refractivity contribution in [2.75, 3.05) is 13.2 Å². The van der Waals surface area contributed by atoms with Gasteiger partial charge in [-0.1, -0.05) is 31.7 Å². The lowest BCUT2D eigenvalue weighted by molar-refractivity contribution is -0.302. The summed E-state index contributed by atoms with van der Waals surface area (Å²) in [5.74, 6) is -7.53. The maximum absolute atomic E-state index is 14.1. The average molecular weight is 687 g/mol. The van der Waals surface area contributed by atoms with Gasteiger partial charge in [0.05, 0.1) is 23.7 Å². The summed E-state index contributed by atoms with van der Waals surface area (Å²) in [5, 5.41) is 24.6. The number of ketones is 1. The zero-order chi connectivity index (χ0) is 36.3. The molecule has 14 nitrogen and oxygen atoms in total. The van der Waals surface area contributed by atoms with E-state index in [2.05, 4.69) is 6.58 Å². The summed E-state index contributed by atoms with van der Waals surface area (Å²) < 4.78 is 35.8. The highest BCUT2D eigenvalue weighted by Gasteiger charge is 2.83. The van der Waals surface area contributed by atoms with Gasteiger partial charge in [-0.05, 0) is 24.6 Å². The van der Waals surface area contributed by atoms with Crippen molar-refractivity contribution in [2.24, 2.45) is 22.7 Å². The van der Waals surface area contributed by atoms with Gasteiger partial charge in [0.2, 0.25) is 0 Å². The van der Waals surface area contributed by atoms with Crippen LogP contribution in [0.1, 0.15) is 64.7 Å². The molecule has 3 saturated carbocycles. The molecule has 14 heteroatoms. The van der Waals surface area contributed by atoms with Gasteiger partial charge >= 0.3 is 29.8 Å². The second-order valence-electron chi connectivity index (χ2n) is 13.8. The van der Waals surface area contributed by atoms with E-state index in [0.29, 0.717) is 0 Å². The highest BCUT2D eigenvalue weighted by Crippen LogP contribution is 2.67. The third-order valence-corrected chi connectivity index (χ3v) is 11.1. The Labute approximate surface area is 283 Å². The molecule has 5 rings (SSSR count). The van der Waals surface area contributed by atoms with Gasteiger partial charge in [0, 0.05) is 57.8 Å². The van der Waals surface area contributed by atoms with E-state index in [1.807, 2.05) is 0 Å². The van der Waals surface area contributed by atoms with Crippen molar-refractivity contribution in [2.45, 2.75) is 96.1 Å². The number of carbonyl (C=O) groups is 6. The lowest BCUT2D eigenvalue weighted by Gasteiger charge is -2.65. The Hall–Kier alpha value is -4.14. The first-order valence-electron chi connectivity index (χ1n) is 16.0. The molecule has 4 fully saturated rings. The molecule has 1 aromatic carbocycles. The summed E-state index contributed by atoms with van der Waals surface area (Å²) in [5.41, 5.74) is -8.00. The topological polar surface area (TPSA) is 198 Å². The molecule has 4 bridgehead atoms. The van der Waals surface area contributed by atoms with Crippen molar-refractivity contribution in [3.05, 3.63) is 48.0 Å². The summed E-state index contributed by atoms with van der Waals surface area (Å²) in [7, 11) is 0. The predicted octanol–water partition coefficient (Wildman–Crippen LogP) is 1.62. The summed E-state index contributed by atoms with van der Waals surface area (Å²) in [6.45, 7) is 10.4. The minimum Gasteiger partial charge on any atom is -0.462 e. The number of aliphatic hydroxyl groups excluding tert-OH is 1. The van der Waals surface area contributed by atoms with Gasteiger partial charge < -0.3 is 38.6 Å². The Balaban J connectivity index is 1.91. The molecule has 266 valence electrons. The van der Waals surface area contributed by atoms with Crippen molar-refractivity contribution in [1.82, 2.24) is 0 Å².